The third kappa shape index (κ3) is 28.9. The van der Waals surface area contributed by atoms with Crippen LogP contribution in [0.1, 0.15) is 81.1 Å². The second kappa shape index (κ2) is 23.6. The number of carbonyl (C=O) groups is 4. The number of ether oxygens (including phenoxy) is 2. The van der Waals surface area contributed by atoms with Gasteiger partial charge >= 0.3 is 11.9 Å². The van der Waals surface area contributed by atoms with E-state index in [0.29, 0.717) is 13.2 Å². The van der Waals surface area contributed by atoms with Crippen LogP contribution in [0.2, 0.25) is 0 Å². The average Bonchev–Trinajstić information content (AvgIpc) is 2.66. The van der Waals surface area contributed by atoms with Crippen LogP contribution in [-0.2, 0) is 50.4 Å². The molecule has 0 heterocycles. The molecule has 0 amide bonds. The maximum Gasteiger partial charge on any atom is 0.313 e. The molecular weight excluding hydrogens is 440 g/mol. The summed E-state index contributed by atoms with van der Waals surface area (Å²) in [5.74, 6) is -0.981. The maximum atomic E-state index is 11.3. The fraction of sp³-hybridized carbons (Fsp3) is 0.818. The molecule has 31 heavy (non-hydrogen) atoms. The van der Waals surface area contributed by atoms with E-state index in [1.165, 1.54) is 0 Å². The van der Waals surface area contributed by atoms with Gasteiger partial charge < -0.3 is 19.7 Å². The monoisotopic (exact) mass is 484 g/mol. The van der Waals surface area contributed by atoms with Gasteiger partial charge in [0.05, 0.1) is 13.2 Å². The van der Waals surface area contributed by atoms with E-state index in [2.05, 4.69) is 0 Å². The van der Waals surface area contributed by atoms with Crippen molar-refractivity contribution in [2.45, 2.75) is 81.1 Å². The molecule has 0 rings (SSSR count). The Balaban J connectivity index is -0.000000122. The zero-order chi connectivity index (χ0) is 25.0. The van der Waals surface area contributed by atoms with Crippen LogP contribution >= 0.6 is 0 Å². The Morgan fingerprint density at radius 2 is 0.839 bits per heavy atom. The number of rotatable bonds is 8. The van der Waals surface area contributed by atoms with Crippen molar-refractivity contribution >= 4 is 23.5 Å². The van der Waals surface area contributed by atoms with Gasteiger partial charge in [0.25, 0.3) is 0 Å². The molecular formula is C22H44O8Ti. The van der Waals surface area contributed by atoms with Crippen molar-refractivity contribution in [3.05, 3.63) is 0 Å². The summed E-state index contributed by atoms with van der Waals surface area (Å²) in [5.41, 5.74) is -0.906. The predicted molar refractivity (Wildman–Crippen MR) is 117 cm³/mol. The van der Waals surface area contributed by atoms with Gasteiger partial charge in [0, 0.05) is 46.8 Å². The number of carbonyl (C=O) groups excluding carboxylic acids is 4. The molecule has 9 heteroatoms. The van der Waals surface area contributed by atoms with Crippen LogP contribution in [0, 0.1) is 10.8 Å². The Bertz CT molecular complexity index is 433. The molecule has 0 aliphatic heterocycles. The van der Waals surface area contributed by atoms with Gasteiger partial charge in [0.2, 0.25) is 0 Å². The van der Waals surface area contributed by atoms with E-state index in [-0.39, 0.29) is 46.1 Å². The Hall–Kier alpha value is -1.09. The first kappa shape index (κ1) is 40.3. The fourth-order valence-corrected chi connectivity index (χ4v) is 1.33. The minimum Gasteiger partial charge on any atom is -0.465 e. The molecule has 0 atom stereocenters. The molecule has 0 saturated carbocycles. The van der Waals surface area contributed by atoms with Crippen molar-refractivity contribution in [3.63, 3.8) is 0 Å². The van der Waals surface area contributed by atoms with E-state index in [1.54, 1.807) is 41.5 Å². The summed E-state index contributed by atoms with van der Waals surface area (Å²) in [6.45, 7) is 15.4. The second-order valence-corrected chi connectivity index (χ2v) is 8.14. The minimum absolute atomic E-state index is 0. The molecule has 0 spiro atoms. The Morgan fingerprint density at radius 1 is 0.613 bits per heavy atom. The third-order valence-corrected chi connectivity index (χ3v) is 3.22. The molecule has 2 N–H and O–H groups in total. The molecule has 0 radical (unpaired) electrons. The molecule has 0 aromatic heterocycles. The number of aliphatic hydroxyl groups excluding tert-OH is 2. The number of esters is 2. The van der Waals surface area contributed by atoms with Crippen molar-refractivity contribution in [2.75, 3.05) is 27.4 Å². The van der Waals surface area contributed by atoms with Crippen LogP contribution in [0.5, 0.6) is 0 Å². The summed E-state index contributed by atoms with van der Waals surface area (Å²) in [4.78, 5) is 44.7. The molecule has 0 aromatic carbocycles. The van der Waals surface area contributed by atoms with E-state index in [1.807, 2.05) is 13.8 Å². The normalized spacial score (nSPS) is 9.68. The van der Waals surface area contributed by atoms with Gasteiger partial charge in [-0.05, 0) is 12.8 Å². The first-order chi connectivity index (χ1) is 13.8. The van der Waals surface area contributed by atoms with Crippen LogP contribution in [0.4, 0.5) is 0 Å². The van der Waals surface area contributed by atoms with Crippen LogP contribution < -0.4 is 0 Å². The number of hydrogen-bond donors (Lipinski definition) is 2. The Morgan fingerprint density at radius 3 is 1.00 bits per heavy atom. The molecule has 0 aromatic rings. The van der Waals surface area contributed by atoms with E-state index in [4.69, 9.17) is 19.7 Å². The van der Waals surface area contributed by atoms with Gasteiger partial charge in [-0.15, -0.1) is 0 Å². The van der Waals surface area contributed by atoms with Crippen molar-refractivity contribution in [3.8, 4) is 0 Å². The maximum absolute atomic E-state index is 11.3. The number of ketones is 2. The standard InChI is InChI=1S/2C10H18O3.2CH4O.Ti/c2*1-5-6-13-9(12)7-8(11)10(2,3)4;2*1-2;/h2*5-7H2,1-4H3;2*2H,1H3;. The topological polar surface area (TPSA) is 127 Å². The molecule has 0 saturated heterocycles. The van der Waals surface area contributed by atoms with Crippen LogP contribution in [0.25, 0.3) is 0 Å². The first-order valence-electron chi connectivity index (χ1n) is 10.0. The molecule has 0 aliphatic carbocycles. The van der Waals surface area contributed by atoms with Gasteiger partial charge in [0.1, 0.15) is 24.4 Å². The average molecular weight is 484 g/mol. The molecule has 184 valence electrons. The van der Waals surface area contributed by atoms with E-state index in [0.717, 1.165) is 27.1 Å². The first-order valence-corrected chi connectivity index (χ1v) is 10.0. The van der Waals surface area contributed by atoms with Crippen LogP contribution in [0.15, 0.2) is 0 Å². The molecule has 8 nitrogen and oxygen atoms in total. The number of hydrogen-bond acceptors (Lipinski definition) is 8. The molecule has 0 bridgehead atoms. The van der Waals surface area contributed by atoms with Crippen LogP contribution in [0.3, 0.4) is 0 Å². The van der Waals surface area contributed by atoms with Gasteiger partial charge in [-0.2, -0.15) is 0 Å². The quantitative estimate of drug-likeness (QED) is 0.306. The third-order valence-electron chi connectivity index (χ3n) is 3.22. The largest absolute Gasteiger partial charge is 0.465 e. The van der Waals surface area contributed by atoms with Gasteiger partial charge in [-0.3, -0.25) is 19.2 Å². The van der Waals surface area contributed by atoms with Gasteiger partial charge in [-0.25, -0.2) is 0 Å². The summed E-state index contributed by atoms with van der Waals surface area (Å²) < 4.78 is 9.59. The Kier molecular flexibility index (Phi) is 30.6. The van der Waals surface area contributed by atoms with Crippen molar-refractivity contribution in [1.82, 2.24) is 0 Å². The number of aliphatic hydroxyl groups is 2. The van der Waals surface area contributed by atoms with Gasteiger partial charge in [-0.1, -0.05) is 55.4 Å². The Labute approximate surface area is 203 Å². The molecule has 0 fully saturated rings. The van der Waals surface area contributed by atoms with Crippen molar-refractivity contribution in [2.24, 2.45) is 10.8 Å². The SMILES string of the molecule is CCCOC(=O)CC(=O)C(C)(C)C.CCCOC(=O)CC(=O)C(C)(C)C.CO.CO.[Ti]. The smallest absolute Gasteiger partial charge is 0.313 e. The summed E-state index contributed by atoms with van der Waals surface area (Å²) >= 11 is 0. The second-order valence-electron chi connectivity index (χ2n) is 8.14. The van der Waals surface area contributed by atoms with Crippen molar-refractivity contribution < 1.29 is 60.6 Å². The number of Topliss-reactive ketones (excluding diaryl/α,β-unsaturated/α-hetero) is 2. The molecule has 0 unspecified atom stereocenters. The zero-order valence-corrected chi connectivity index (χ0v) is 22.6. The summed E-state index contributed by atoms with van der Waals surface area (Å²) in [6, 6.07) is 0. The molecule has 0 aliphatic rings. The van der Waals surface area contributed by atoms with E-state index < -0.39 is 22.8 Å². The van der Waals surface area contributed by atoms with Crippen LogP contribution in [-0.4, -0.2) is 61.2 Å². The van der Waals surface area contributed by atoms with Gasteiger partial charge in [0.15, 0.2) is 0 Å². The van der Waals surface area contributed by atoms with E-state index >= 15 is 0 Å². The predicted octanol–water partition coefficient (Wildman–Crippen LogP) is 3.10. The minimum atomic E-state index is -0.453. The summed E-state index contributed by atoms with van der Waals surface area (Å²) in [5, 5.41) is 14.0. The summed E-state index contributed by atoms with van der Waals surface area (Å²) in [6.07, 6.45) is 1.36. The van der Waals surface area contributed by atoms with Crippen molar-refractivity contribution in [1.29, 1.82) is 0 Å². The fourth-order valence-electron chi connectivity index (χ4n) is 1.33. The summed E-state index contributed by atoms with van der Waals surface area (Å²) in [7, 11) is 2.00. The van der Waals surface area contributed by atoms with E-state index in [9.17, 15) is 19.2 Å². The zero-order valence-electron chi connectivity index (χ0n) is 21.1.